The fourth-order valence-electron chi connectivity index (χ4n) is 1.38. The van der Waals surface area contributed by atoms with E-state index < -0.39 is 0 Å². The van der Waals surface area contributed by atoms with Gasteiger partial charge in [-0.1, -0.05) is 28.9 Å². The van der Waals surface area contributed by atoms with Gasteiger partial charge in [0.25, 0.3) is 0 Å². The van der Waals surface area contributed by atoms with Crippen molar-refractivity contribution >= 4 is 31.9 Å². The first-order chi connectivity index (χ1) is 7.15. The molecule has 0 radical (unpaired) electrons. The van der Waals surface area contributed by atoms with Crippen LogP contribution in [0.4, 0.5) is 0 Å². The van der Waals surface area contributed by atoms with Crippen LogP contribution >= 0.6 is 31.9 Å². The van der Waals surface area contributed by atoms with Crippen LogP contribution in [-0.2, 0) is 0 Å². The standard InChI is InChI=1S/C11H14Br2O2/c1-4-8(12)7-5-6-9(14-2)10(13)11(7)15-3/h5-6,8H,4H2,1-3H3. The number of hydrogen-bond acceptors (Lipinski definition) is 2. The molecule has 15 heavy (non-hydrogen) atoms. The lowest BCUT2D eigenvalue weighted by Gasteiger charge is -2.16. The largest absolute Gasteiger partial charge is 0.495 e. The second kappa shape index (κ2) is 5.75. The minimum Gasteiger partial charge on any atom is -0.495 e. The van der Waals surface area contributed by atoms with Gasteiger partial charge in [0.05, 0.1) is 14.2 Å². The van der Waals surface area contributed by atoms with E-state index in [1.165, 1.54) is 0 Å². The van der Waals surface area contributed by atoms with E-state index in [0.717, 1.165) is 28.0 Å². The molecule has 0 saturated carbocycles. The molecular weight excluding hydrogens is 324 g/mol. The number of halogens is 2. The third kappa shape index (κ3) is 2.67. The summed E-state index contributed by atoms with van der Waals surface area (Å²) in [5.41, 5.74) is 1.13. The lowest BCUT2D eigenvalue weighted by Crippen LogP contribution is -1.97. The topological polar surface area (TPSA) is 18.5 Å². The molecule has 0 N–H and O–H groups in total. The molecule has 2 nitrogen and oxygen atoms in total. The van der Waals surface area contributed by atoms with Crippen molar-refractivity contribution in [1.82, 2.24) is 0 Å². The van der Waals surface area contributed by atoms with Crippen LogP contribution in [0.25, 0.3) is 0 Å². The maximum atomic E-state index is 5.38. The normalized spacial score (nSPS) is 12.3. The Labute approximate surface area is 107 Å². The summed E-state index contributed by atoms with van der Waals surface area (Å²) in [5.74, 6) is 1.62. The van der Waals surface area contributed by atoms with Crippen LogP contribution in [0.5, 0.6) is 11.5 Å². The molecule has 1 aromatic carbocycles. The highest BCUT2D eigenvalue weighted by Gasteiger charge is 2.16. The van der Waals surface area contributed by atoms with Crippen LogP contribution in [-0.4, -0.2) is 14.2 Å². The van der Waals surface area contributed by atoms with E-state index in [9.17, 15) is 0 Å². The number of benzene rings is 1. The summed E-state index contributed by atoms with van der Waals surface area (Å²) in [6.45, 7) is 2.12. The first-order valence-electron chi connectivity index (χ1n) is 4.70. The molecule has 1 atom stereocenters. The molecule has 0 heterocycles. The number of methoxy groups -OCH3 is 2. The third-order valence-electron chi connectivity index (χ3n) is 2.21. The zero-order valence-electron chi connectivity index (χ0n) is 9.01. The molecule has 0 spiro atoms. The first kappa shape index (κ1) is 12.8. The minimum absolute atomic E-state index is 0.301. The fraction of sp³-hybridized carbons (Fsp3) is 0.455. The Morgan fingerprint density at radius 1 is 1.27 bits per heavy atom. The van der Waals surface area contributed by atoms with Gasteiger partial charge in [-0.05, 0) is 28.4 Å². The van der Waals surface area contributed by atoms with Gasteiger partial charge in [-0.25, -0.2) is 0 Å². The molecule has 0 bridgehead atoms. The summed E-state index contributed by atoms with van der Waals surface area (Å²) in [5, 5.41) is 0. The summed E-state index contributed by atoms with van der Waals surface area (Å²) in [7, 11) is 3.31. The maximum Gasteiger partial charge on any atom is 0.141 e. The average Bonchev–Trinajstić information content (AvgIpc) is 2.27. The van der Waals surface area contributed by atoms with Crippen LogP contribution in [0.15, 0.2) is 16.6 Å². The minimum atomic E-state index is 0.301. The van der Waals surface area contributed by atoms with E-state index >= 15 is 0 Å². The molecule has 0 aliphatic heterocycles. The summed E-state index contributed by atoms with van der Waals surface area (Å²) >= 11 is 7.09. The quantitative estimate of drug-likeness (QED) is 0.762. The van der Waals surface area contributed by atoms with E-state index in [-0.39, 0.29) is 0 Å². The Bertz CT molecular complexity index is 340. The second-order valence-corrected chi connectivity index (χ2v) is 4.98. The van der Waals surface area contributed by atoms with E-state index in [1.807, 2.05) is 12.1 Å². The Morgan fingerprint density at radius 2 is 1.93 bits per heavy atom. The molecule has 84 valence electrons. The van der Waals surface area contributed by atoms with Crippen LogP contribution < -0.4 is 9.47 Å². The smallest absolute Gasteiger partial charge is 0.141 e. The number of alkyl halides is 1. The molecule has 0 aliphatic rings. The fourth-order valence-corrected chi connectivity index (χ4v) is 2.43. The summed E-state index contributed by atoms with van der Waals surface area (Å²) in [4.78, 5) is 0.301. The second-order valence-electron chi connectivity index (χ2n) is 3.08. The maximum absolute atomic E-state index is 5.38. The van der Waals surface area contributed by atoms with Crippen LogP contribution in [0.2, 0.25) is 0 Å². The van der Waals surface area contributed by atoms with E-state index in [2.05, 4.69) is 38.8 Å². The number of rotatable bonds is 4. The molecule has 1 aromatic rings. The van der Waals surface area contributed by atoms with Crippen molar-refractivity contribution in [1.29, 1.82) is 0 Å². The van der Waals surface area contributed by atoms with Gasteiger partial charge in [-0.15, -0.1) is 0 Å². The van der Waals surface area contributed by atoms with Crippen molar-refractivity contribution in [3.8, 4) is 11.5 Å². The SMILES string of the molecule is CCC(Br)c1ccc(OC)c(Br)c1OC. The lowest BCUT2D eigenvalue weighted by atomic mass is 10.1. The zero-order valence-corrected chi connectivity index (χ0v) is 12.2. The molecule has 1 rings (SSSR count). The molecule has 0 amide bonds. The zero-order chi connectivity index (χ0) is 11.4. The van der Waals surface area contributed by atoms with Gasteiger partial charge in [-0.3, -0.25) is 0 Å². The highest BCUT2D eigenvalue weighted by Crippen LogP contribution is 2.42. The van der Waals surface area contributed by atoms with Gasteiger partial charge < -0.3 is 9.47 Å². The molecule has 0 aromatic heterocycles. The lowest BCUT2D eigenvalue weighted by molar-refractivity contribution is 0.386. The van der Waals surface area contributed by atoms with Crippen LogP contribution in [0.1, 0.15) is 23.7 Å². The van der Waals surface area contributed by atoms with Gasteiger partial charge in [0.1, 0.15) is 16.0 Å². The van der Waals surface area contributed by atoms with Crippen LogP contribution in [0.3, 0.4) is 0 Å². The Kier molecular flexibility index (Phi) is 4.93. The van der Waals surface area contributed by atoms with Crippen molar-refractivity contribution in [2.45, 2.75) is 18.2 Å². The van der Waals surface area contributed by atoms with Crippen molar-refractivity contribution in [2.24, 2.45) is 0 Å². The number of hydrogen-bond donors (Lipinski definition) is 0. The predicted octanol–water partition coefficient (Wildman–Crippen LogP) is 4.31. The Balaban J connectivity index is 3.24. The van der Waals surface area contributed by atoms with Gasteiger partial charge in [0.15, 0.2) is 0 Å². The Hall–Kier alpha value is -0.220. The van der Waals surface area contributed by atoms with Crippen molar-refractivity contribution in [3.63, 3.8) is 0 Å². The monoisotopic (exact) mass is 336 g/mol. The predicted molar refractivity (Wildman–Crippen MR) is 69.2 cm³/mol. The Morgan fingerprint density at radius 3 is 2.40 bits per heavy atom. The van der Waals surface area contributed by atoms with Gasteiger partial charge in [-0.2, -0.15) is 0 Å². The summed E-state index contributed by atoms with van der Waals surface area (Å²) in [6, 6.07) is 3.96. The molecule has 1 unspecified atom stereocenters. The molecule has 0 fully saturated rings. The van der Waals surface area contributed by atoms with Crippen molar-refractivity contribution in [3.05, 3.63) is 22.2 Å². The van der Waals surface area contributed by atoms with E-state index in [0.29, 0.717) is 4.83 Å². The molecule has 0 aliphatic carbocycles. The first-order valence-corrected chi connectivity index (χ1v) is 6.41. The summed E-state index contributed by atoms with van der Waals surface area (Å²) in [6.07, 6.45) is 1.01. The summed E-state index contributed by atoms with van der Waals surface area (Å²) < 4.78 is 11.5. The van der Waals surface area contributed by atoms with Crippen molar-refractivity contribution in [2.75, 3.05) is 14.2 Å². The van der Waals surface area contributed by atoms with Crippen LogP contribution in [0, 0.1) is 0 Å². The number of ether oxygens (including phenoxy) is 2. The van der Waals surface area contributed by atoms with E-state index in [1.54, 1.807) is 14.2 Å². The van der Waals surface area contributed by atoms with E-state index in [4.69, 9.17) is 9.47 Å². The average molecular weight is 338 g/mol. The highest BCUT2D eigenvalue weighted by molar-refractivity contribution is 9.10. The van der Waals surface area contributed by atoms with Gasteiger partial charge in [0, 0.05) is 10.4 Å². The molecular formula is C11H14Br2O2. The molecule has 0 saturated heterocycles. The molecule has 4 heteroatoms. The highest BCUT2D eigenvalue weighted by atomic mass is 79.9. The van der Waals surface area contributed by atoms with Gasteiger partial charge >= 0.3 is 0 Å². The third-order valence-corrected chi connectivity index (χ3v) is 4.10. The van der Waals surface area contributed by atoms with Gasteiger partial charge in [0.2, 0.25) is 0 Å². The van der Waals surface area contributed by atoms with Crippen molar-refractivity contribution < 1.29 is 9.47 Å².